The minimum atomic E-state index is -0.441. The third-order valence-corrected chi connectivity index (χ3v) is 2.72. The van der Waals surface area contributed by atoms with Gasteiger partial charge in [-0.25, -0.2) is 14.1 Å². The Morgan fingerprint density at radius 1 is 1.45 bits per heavy atom. The van der Waals surface area contributed by atoms with Gasteiger partial charge >= 0.3 is 0 Å². The number of rotatable bonds is 4. The van der Waals surface area contributed by atoms with Gasteiger partial charge in [0.2, 0.25) is 0 Å². The summed E-state index contributed by atoms with van der Waals surface area (Å²) < 4.78 is 20.8. The lowest BCUT2D eigenvalue weighted by Gasteiger charge is -2.08. The monoisotopic (exact) mass is 293 g/mol. The summed E-state index contributed by atoms with van der Waals surface area (Å²) in [5.41, 5.74) is 0.652. The molecule has 0 amide bonds. The van der Waals surface area contributed by atoms with Gasteiger partial charge in [0.25, 0.3) is 0 Å². The molecule has 0 fully saturated rings. The minimum absolute atomic E-state index is 0.136. The molecule has 0 saturated heterocycles. The number of benzene rings is 1. The Morgan fingerprint density at radius 3 is 3.05 bits per heavy atom. The summed E-state index contributed by atoms with van der Waals surface area (Å²) in [6.45, 7) is 2.78. The molecule has 1 heterocycles. The molecule has 6 heteroatoms. The fourth-order valence-corrected chi connectivity index (χ4v) is 1.70. The van der Waals surface area contributed by atoms with Crippen molar-refractivity contribution in [2.45, 2.75) is 20.1 Å². The van der Waals surface area contributed by atoms with Crippen molar-refractivity contribution in [3.05, 3.63) is 41.7 Å². The SMILES string of the molecule is CCn1ncnc1COc1cc(C#CCCl)ccc1F. The van der Waals surface area contributed by atoms with Crippen LogP contribution >= 0.6 is 11.6 Å². The van der Waals surface area contributed by atoms with Gasteiger partial charge in [-0.15, -0.1) is 11.6 Å². The topological polar surface area (TPSA) is 39.9 Å². The first-order valence-corrected chi connectivity index (χ1v) is 6.62. The molecule has 2 aromatic rings. The highest BCUT2D eigenvalue weighted by atomic mass is 35.5. The molecule has 0 radical (unpaired) electrons. The predicted molar refractivity (Wildman–Crippen MR) is 74.0 cm³/mol. The molecule has 0 spiro atoms. The van der Waals surface area contributed by atoms with Crippen LogP contribution in [0.4, 0.5) is 4.39 Å². The maximum atomic E-state index is 13.7. The summed E-state index contributed by atoms with van der Waals surface area (Å²) in [4.78, 5) is 4.06. The molecule has 0 atom stereocenters. The number of aryl methyl sites for hydroxylation is 1. The zero-order valence-electron chi connectivity index (χ0n) is 10.9. The van der Waals surface area contributed by atoms with Gasteiger partial charge in [-0.3, -0.25) is 0 Å². The first kappa shape index (κ1) is 14.4. The molecule has 0 saturated carbocycles. The van der Waals surface area contributed by atoms with Crippen molar-refractivity contribution in [1.29, 1.82) is 0 Å². The van der Waals surface area contributed by atoms with Gasteiger partial charge in [0.1, 0.15) is 12.9 Å². The molecule has 104 valence electrons. The molecule has 0 bridgehead atoms. The molecule has 4 nitrogen and oxygen atoms in total. The van der Waals surface area contributed by atoms with Crippen LogP contribution in [0.2, 0.25) is 0 Å². The van der Waals surface area contributed by atoms with Gasteiger partial charge in [-0.1, -0.05) is 11.8 Å². The molecular formula is C14H13ClFN3O. The van der Waals surface area contributed by atoms with Gasteiger partial charge in [0.05, 0.1) is 5.88 Å². The van der Waals surface area contributed by atoms with Crippen LogP contribution in [0.1, 0.15) is 18.3 Å². The van der Waals surface area contributed by atoms with Crippen molar-refractivity contribution in [3.63, 3.8) is 0 Å². The van der Waals surface area contributed by atoms with E-state index in [0.29, 0.717) is 17.9 Å². The Hall–Kier alpha value is -2.06. The first-order valence-electron chi connectivity index (χ1n) is 6.08. The van der Waals surface area contributed by atoms with Crippen LogP contribution in [-0.2, 0) is 13.2 Å². The maximum absolute atomic E-state index is 13.7. The third-order valence-electron chi connectivity index (χ3n) is 2.58. The van der Waals surface area contributed by atoms with Crippen molar-refractivity contribution in [2.24, 2.45) is 0 Å². The molecule has 0 aliphatic heterocycles. The lowest BCUT2D eigenvalue weighted by Crippen LogP contribution is -2.07. The van der Waals surface area contributed by atoms with E-state index in [-0.39, 0.29) is 18.2 Å². The fourth-order valence-electron chi connectivity index (χ4n) is 1.63. The van der Waals surface area contributed by atoms with Gasteiger partial charge in [0.15, 0.2) is 17.4 Å². The molecule has 20 heavy (non-hydrogen) atoms. The smallest absolute Gasteiger partial charge is 0.165 e. The Balaban J connectivity index is 2.12. The molecule has 0 aliphatic rings. The van der Waals surface area contributed by atoms with Crippen molar-refractivity contribution in [1.82, 2.24) is 14.8 Å². The lowest BCUT2D eigenvalue weighted by molar-refractivity contribution is 0.273. The molecule has 1 aromatic heterocycles. The van der Waals surface area contributed by atoms with Crippen LogP contribution in [-0.4, -0.2) is 20.6 Å². The molecule has 1 aromatic carbocycles. The number of hydrogen-bond donors (Lipinski definition) is 0. The lowest BCUT2D eigenvalue weighted by atomic mass is 10.2. The third kappa shape index (κ3) is 3.49. The zero-order chi connectivity index (χ0) is 14.4. The highest BCUT2D eigenvalue weighted by molar-refractivity contribution is 6.19. The summed E-state index contributed by atoms with van der Waals surface area (Å²) in [5.74, 6) is 6.09. The van der Waals surface area contributed by atoms with Crippen LogP contribution < -0.4 is 4.74 Å². The largest absolute Gasteiger partial charge is 0.483 e. The van der Waals surface area contributed by atoms with Crippen LogP contribution in [0, 0.1) is 17.7 Å². The van der Waals surface area contributed by atoms with E-state index in [4.69, 9.17) is 16.3 Å². The number of halogens is 2. The summed E-state index contributed by atoms with van der Waals surface area (Å²) in [6, 6.07) is 4.44. The van der Waals surface area contributed by atoms with E-state index in [1.54, 1.807) is 16.8 Å². The second kappa shape index (κ2) is 6.92. The molecule has 2 rings (SSSR count). The summed E-state index contributed by atoms with van der Waals surface area (Å²) in [5, 5.41) is 4.02. The van der Waals surface area contributed by atoms with Crippen LogP contribution in [0.25, 0.3) is 0 Å². The van der Waals surface area contributed by atoms with E-state index in [9.17, 15) is 4.39 Å². The second-order valence-corrected chi connectivity index (χ2v) is 4.13. The number of nitrogens with zero attached hydrogens (tertiary/aromatic N) is 3. The quantitative estimate of drug-likeness (QED) is 0.642. The van der Waals surface area contributed by atoms with E-state index in [1.165, 1.54) is 12.4 Å². The number of hydrogen-bond acceptors (Lipinski definition) is 3. The minimum Gasteiger partial charge on any atom is -0.483 e. The number of ether oxygens (including phenoxy) is 1. The van der Waals surface area contributed by atoms with Gasteiger partial charge in [-0.05, 0) is 25.1 Å². The van der Waals surface area contributed by atoms with Crippen molar-refractivity contribution in [2.75, 3.05) is 5.88 Å². The summed E-state index contributed by atoms with van der Waals surface area (Å²) >= 11 is 5.49. The maximum Gasteiger partial charge on any atom is 0.165 e. The molecular weight excluding hydrogens is 281 g/mol. The van der Waals surface area contributed by atoms with Crippen molar-refractivity contribution >= 4 is 11.6 Å². The van der Waals surface area contributed by atoms with Crippen molar-refractivity contribution in [3.8, 4) is 17.6 Å². The summed E-state index contributed by atoms with van der Waals surface area (Å²) in [6.07, 6.45) is 1.45. The number of alkyl halides is 1. The standard InChI is InChI=1S/C14H13ClFN3O/c1-2-19-14(17-10-18-19)9-20-13-8-11(4-3-7-15)5-6-12(13)16/h5-6,8,10H,2,7,9H2,1H3. The Morgan fingerprint density at radius 2 is 2.30 bits per heavy atom. The van der Waals surface area contributed by atoms with E-state index in [1.807, 2.05) is 6.92 Å². The van der Waals surface area contributed by atoms with Gasteiger partial charge in [0, 0.05) is 12.1 Å². The second-order valence-electron chi connectivity index (χ2n) is 3.86. The predicted octanol–water partition coefficient (Wildman–Crippen LogP) is 2.61. The molecule has 0 N–H and O–H groups in total. The Kier molecular flexibility index (Phi) is 4.97. The van der Waals surface area contributed by atoms with Crippen LogP contribution in [0.3, 0.4) is 0 Å². The van der Waals surface area contributed by atoms with E-state index in [0.717, 1.165) is 0 Å². The highest BCUT2D eigenvalue weighted by Gasteiger charge is 2.07. The zero-order valence-corrected chi connectivity index (χ0v) is 11.7. The van der Waals surface area contributed by atoms with E-state index in [2.05, 4.69) is 21.9 Å². The Bertz CT molecular complexity index is 645. The summed E-state index contributed by atoms with van der Waals surface area (Å²) in [7, 11) is 0. The van der Waals surface area contributed by atoms with Gasteiger partial charge < -0.3 is 4.74 Å². The van der Waals surface area contributed by atoms with Gasteiger partial charge in [-0.2, -0.15) is 5.10 Å². The van der Waals surface area contributed by atoms with Crippen LogP contribution in [0.5, 0.6) is 5.75 Å². The molecule has 0 aliphatic carbocycles. The fraction of sp³-hybridized carbons (Fsp3) is 0.286. The van der Waals surface area contributed by atoms with E-state index >= 15 is 0 Å². The van der Waals surface area contributed by atoms with E-state index < -0.39 is 5.82 Å². The van der Waals surface area contributed by atoms with Crippen LogP contribution in [0.15, 0.2) is 24.5 Å². The average Bonchev–Trinajstić information content (AvgIpc) is 2.92. The normalized spacial score (nSPS) is 9.95. The average molecular weight is 294 g/mol. The van der Waals surface area contributed by atoms with Crippen molar-refractivity contribution < 1.29 is 9.13 Å². The Labute approximate surface area is 121 Å². The highest BCUT2D eigenvalue weighted by Crippen LogP contribution is 2.19. The number of aromatic nitrogens is 3. The first-order chi connectivity index (χ1) is 9.74. The molecule has 0 unspecified atom stereocenters.